The number of benzene rings is 2. The standard InChI is InChI=1S/C22H25N3O3S2/c1-14-6-12-18(13-7-14)30(27,28)25-17-10-8-16(9-11-17)24-20(26)19-15(2)23-21(29-19)22(3,4)5/h6-13,25H,1-5H3,(H,24,26). The Labute approximate surface area is 181 Å². The summed E-state index contributed by atoms with van der Waals surface area (Å²) in [7, 11) is -3.67. The van der Waals surface area contributed by atoms with Crippen molar-refractivity contribution in [2.24, 2.45) is 0 Å². The minimum absolute atomic E-state index is 0.121. The molecule has 0 aliphatic heterocycles. The van der Waals surface area contributed by atoms with Crippen molar-refractivity contribution >= 4 is 38.6 Å². The number of carbonyl (C=O) groups excluding carboxylic acids is 1. The zero-order valence-corrected chi connectivity index (χ0v) is 19.2. The Kier molecular flexibility index (Phi) is 6.01. The van der Waals surface area contributed by atoms with Crippen LogP contribution in [0.25, 0.3) is 0 Å². The lowest BCUT2D eigenvalue weighted by Gasteiger charge is -2.13. The molecule has 1 amide bonds. The third-order valence-electron chi connectivity index (χ3n) is 4.37. The molecule has 0 aliphatic rings. The molecule has 0 saturated heterocycles. The lowest BCUT2D eigenvalue weighted by Crippen LogP contribution is -2.13. The monoisotopic (exact) mass is 443 g/mol. The smallest absolute Gasteiger partial charge is 0.267 e. The van der Waals surface area contributed by atoms with Gasteiger partial charge in [0.15, 0.2) is 0 Å². The summed E-state index contributed by atoms with van der Waals surface area (Å²) < 4.78 is 27.5. The Morgan fingerprint density at radius 2 is 1.50 bits per heavy atom. The van der Waals surface area contributed by atoms with Gasteiger partial charge in [-0.2, -0.15) is 0 Å². The second-order valence-corrected chi connectivity index (χ2v) is 10.8. The summed E-state index contributed by atoms with van der Waals surface area (Å²) in [5.74, 6) is -0.228. The van der Waals surface area contributed by atoms with Crippen molar-refractivity contribution in [3.63, 3.8) is 0 Å². The first-order chi connectivity index (χ1) is 14.0. The van der Waals surface area contributed by atoms with E-state index < -0.39 is 10.0 Å². The highest BCUT2D eigenvalue weighted by Crippen LogP contribution is 2.29. The number of sulfonamides is 1. The highest BCUT2D eigenvalue weighted by Gasteiger charge is 2.23. The Morgan fingerprint density at radius 1 is 0.933 bits per heavy atom. The molecule has 0 spiro atoms. The number of amides is 1. The van der Waals surface area contributed by atoms with E-state index in [4.69, 9.17) is 0 Å². The molecule has 0 saturated carbocycles. The highest BCUT2D eigenvalue weighted by atomic mass is 32.2. The van der Waals surface area contributed by atoms with E-state index in [1.165, 1.54) is 11.3 Å². The maximum Gasteiger partial charge on any atom is 0.267 e. The molecule has 3 rings (SSSR count). The minimum Gasteiger partial charge on any atom is -0.321 e. The third kappa shape index (κ3) is 5.06. The van der Waals surface area contributed by atoms with Gasteiger partial charge in [-0.3, -0.25) is 9.52 Å². The van der Waals surface area contributed by atoms with Crippen molar-refractivity contribution < 1.29 is 13.2 Å². The van der Waals surface area contributed by atoms with Crippen molar-refractivity contribution in [3.8, 4) is 0 Å². The molecular weight excluding hydrogens is 418 g/mol. The number of carbonyl (C=O) groups is 1. The first-order valence-electron chi connectivity index (χ1n) is 9.44. The minimum atomic E-state index is -3.67. The van der Waals surface area contributed by atoms with Crippen LogP contribution in [-0.2, 0) is 15.4 Å². The number of anilines is 2. The summed E-state index contributed by atoms with van der Waals surface area (Å²) >= 11 is 1.39. The SMILES string of the molecule is Cc1ccc(S(=O)(=O)Nc2ccc(NC(=O)c3sc(C(C)(C)C)nc3C)cc2)cc1. The molecule has 2 N–H and O–H groups in total. The van der Waals surface area contributed by atoms with Gasteiger partial charge in [0.2, 0.25) is 0 Å². The maximum atomic E-state index is 12.6. The molecule has 0 atom stereocenters. The molecule has 0 fully saturated rings. The van der Waals surface area contributed by atoms with Gasteiger partial charge >= 0.3 is 0 Å². The topological polar surface area (TPSA) is 88.2 Å². The molecule has 30 heavy (non-hydrogen) atoms. The van der Waals surface area contributed by atoms with Crippen LogP contribution < -0.4 is 10.0 Å². The number of nitrogens with zero attached hydrogens (tertiary/aromatic N) is 1. The van der Waals surface area contributed by atoms with E-state index in [1.54, 1.807) is 48.5 Å². The largest absolute Gasteiger partial charge is 0.321 e. The Bertz CT molecular complexity index is 1160. The van der Waals surface area contributed by atoms with E-state index in [1.807, 2.05) is 13.8 Å². The third-order valence-corrected chi connectivity index (χ3v) is 7.35. The molecule has 2 aromatic carbocycles. The fraction of sp³-hybridized carbons (Fsp3) is 0.273. The van der Waals surface area contributed by atoms with E-state index in [9.17, 15) is 13.2 Å². The van der Waals surface area contributed by atoms with E-state index in [0.717, 1.165) is 10.6 Å². The number of aryl methyl sites for hydroxylation is 2. The fourth-order valence-corrected chi connectivity index (χ4v) is 4.75. The summed E-state index contributed by atoms with van der Waals surface area (Å²) in [5, 5.41) is 3.75. The van der Waals surface area contributed by atoms with Crippen LogP contribution in [0.3, 0.4) is 0 Å². The molecule has 3 aromatic rings. The van der Waals surface area contributed by atoms with E-state index >= 15 is 0 Å². The number of thiazole rings is 1. The Hall–Kier alpha value is -2.71. The molecule has 0 aliphatic carbocycles. The Balaban J connectivity index is 1.71. The predicted molar refractivity (Wildman–Crippen MR) is 122 cm³/mol. The predicted octanol–water partition coefficient (Wildman–Crippen LogP) is 5.11. The van der Waals surface area contributed by atoms with Crippen molar-refractivity contribution in [3.05, 3.63) is 69.7 Å². The van der Waals surface area contributed by atoms with Crippen LogP contribution in [0.2, 0.25) is 0 Å². The highest BCUT2D eigenvalue weighted by molar-refractivity contribution is 7.92. The van der Waals surface area contributed by atoms with Gasteiger partial charge in [0.1, 0.15) is 4.88 Å². The Morgan fingerprint density at radius 3 is 2.03 bits per heavy atom. The van der Waals surface area contributed by atoms with Crippen molar-refractivity contribution in [2.45, 2.75) is 44.9 Å². The molecule has 0 radical (unpaired) electrons. The van der Waals surface area contributed by atoms with Crippen LogP contribution in [0.15, 0.2) is 53.4 Å². The van der Waals surface area contributed by atoms with E-state index in [2.05, 4.69) is 35.8 Å². The van der Waals surface area contributed by atoms with Crippen LogP contribution in [0.1, 0.15) is 46.7 Å². The van der Waals surface area contributed by atoms with Gasteiger partial charge in [0.05, 0.1) is 15.6 Å². The first-order valence-corrected chi connectivity index (χ1v) is 11.7. The zero-order chi connectivity index (χ0) is 22.1. The second kappa shape index (κ2) is 8.20. The number of hydrogen-bond donors (Lipinski definition) is 2. The lowest BCUT2D eigenvalue weighted by atomic mass is 9.98. The first kappa shape index (κ1) is 22.0. The van der Waals surface area contributed by atoms with Gasteiger partial charge in [0, 0.05) is 16.8 Å². The van der Waals surface area contributed by atoms with Gasteiger partial charge in [-0.25, -0.2) is 13.4 Å². The molecule has 1 heterocycles. The summed E-state index contributed by atoms with van der Waals surface area (Å²) in [6.07, 6.45) is 0. The molecule has 1 aromatic heterocycles. The molecular formula is C22H25N3O3S2. The lowest BCUT2D eigenvalue weighted by molar-refractivity contribution is 0.103. The number of hydrogen-bond acceptors (Lipinski definition) is 5. The van der Waals surface area contributed by atoms with Crippen LogP contribution in [0, 0.1) is 13.8 Å². The van der Waals surface area contributed by atoms with Gasteiger partial charge in [-0.05, 0) is 50.2 Å². The van der Waals surface area contributed by atoms with Gasteiger partial charge in [-0.15, -0.1) is 11.3 Å². The number of rotatable bonds is 5. The maximum absolute atomic E-state index is 12.6. The summed E-state index contributed by atoms with van der Waals surface area (Å²) in [6.45, 7) is 9.90. The van der Waals surface area contributed by atoms with Crippen LogP contribution in [-0.4, -0.2) is 19.3 Å². The quantitative estimate of drug-likeness (QED) is 0.573. The van der Waals surface area contributed by atoms with Gasteiger partial charge < -0.3 is 5.32 Å². The van der Waals surface area contributed by atoms with E-state index in [-0.39, 0.29) is 16.2 Å². The molecule has 8 heteroatoms. The zero-order valence-electron chi connectivity index (χ0n) is 17.6. The average molecular weight is 444 g/mol. The van der Waals surface area contributed by atoms with Gasteiger partial charge in [0.25, 0.3) is 15.9 Å². The van der Waals surface area contributed by atoms with Crippen molar-refractivity contribution in [1.82, 2.24) is 4.98 Å². The molecule has 0 unspecified atom stereocenters. The number of aromatic nitrogens is 1. The molecule has 158 valence electrons. The molecule has 0 bridgehead atoms. The van der Waals surface area contributed by atoms with Gasteiger partial charge in [-0.1, -0.05) is 38.5 Å². The normalized spacial score (nSPS) is 11.9. The second-order valence-electron chi connectivity index (χ2n) is 8.13. The van der Waals surface area contributed by atoms with Crippen LogP contribution in [0.4, 0.5) is 11.4 Å². The summed E-state index contributed by atoms with van der Waals surface area (Å²) in [6, 6.07) is 13.2. The average Bonchev–Trinajstić information content (AvgIpc) is 3.06. The van der Waals surface area contributed by atoms with Crippen LogP contribution >= 0.6 is 11.3 Å². The fourth-order valence-electron chi connectivity index (χ4n) is 2.67. The van der Waals surface area contributed by atoms with Crippen molar-refractivity contribution in [1.29, 1.82) is 0 Å². The molecule has 6 nitrogen and oxygen atoms in total. The van der Waals surface area contributed by atoms with Crippen molar-refractivity contribution in [2.75, 3.05) is 10.0 Å². The summed E-state index contributed by atoms with van der Waals surface area (Å²) in [5.41, 5.74) is 2.55. The van der Waals surface area contributed by atoms with E-state index in [0.29, 0.717) is 21.9 Å². The summed E-state index contributed by atoms with van der Waals surface area (Å²) in [4.78, 5) is 17.9. The number of nitrogens with one attached hydrogen (secondary N) is 2. The van der Waals surface area contributed by atoms with Crippen LogP contribution in [0.5, 0.6) is 0 Å².